The summed E-state index contributed by atoms with van der Waals surface area (Å²) in [6, 6.07) is 3.58. The van der Waals surface area contributed by atoms with Gasteiger partial charge in [-0.3, -0.25) is 4.79 Å². The number of amides is 1. The summed E-state index contributed by atoms with van der Waals surface area (Å²) < 4.78 is 16.0. The third-order valence-electron chi connectivity index (χ3n) is 4.06. The van der Waals surface area contributed by atoms with Crippen LogP contribution >= 0.6 is 0 Å². The summed E-state index contributed by atoms with van der Waals surface area (Å²) in [7, 11) is 4.65. The summed E-state index contributed by atoms with van der Waals surface area (Å²) in [4.78, 5) is 14.2. The van der Waals surface area contributed by atoms with Gasteiger partial charge in [0.1, 0.15) is 0 Å². The van der Waals surface area contributed by atoms with Crippen LogP contribution in [0.4, 0.5) is 0 Å². The van der Waals surface area contributed by atoms with E-state index in [-0.39, 0.29) is 5.91 Å². The lowest BCUT2D eigenvalue weighted by Gasteiger charge is -2.22. The van der Waals surface area contributed by atoms with E-state index in [1.54, 1.807) is 33.5 Å². The lowest BCUT2D eigenvalue weighted by atomic mass is 9.94. The maximum Gasteiger partial charge on any atom is 0.225 e. The zero-order valence-electron chi connectivity index (χ0n) is 14.7. The van der Waals surface area contributed by atoms with Crippen LogP contribution in [-0.4, -0.2) is 51.8 Å². The maximum atomic E-state index is 11.9. The fraction of sp³-hybridized carbons (Fsp3) is 0.588. The quantitative estimate of drug-likeness (QED) is 0.713. The summed E-state index contributed by atoms with van der Waals surface area (Å²) >= 11 is 0. The lowest BCUT2D eigenvalue weighted by molar-refractivity contribution is -0.119. The van der Waals surface area contributed by atoms with Gasteiger partial charge in [-0.2, -0.15) is 0 Å². The second-order valence-corrected chi connectivity index (χ2v) is 5.23. The van der Waals surface area contributed by atoms with Crippen molar-refractivity contribution in [2.24, 2.45) is 5.73 Å². The molecular formula is C17H28N2O4. The van der Waals surface area contributed by atoms with Crippen LogP contribution in [0.5, 0.6) is 17.2 Å². The van der Waals surface area contributed by atoms with Crippen molar-refractivity contribution in [3.8, 4) is 17.2 Å². The number of hydrogen-bond acceptors (Lipinski definition) is 5. The van der Waals surface area contributed by atoms with Gasteiger partial charge >= 0.3 is 0 Å². The van der Waals surface area contributed by atoms with E-state index in [0.717, 1.165) is 25.2 Å². The molecule has 23 heavy (non-hydrogen) atoms. The summed E-state index contributed by atoms with van der Waals surface area (Å²) in [6.07, 6.45) is 0.648. The van der Waals surface area contributed by atoms with E-state index >= 15 is 0 Å². The molecule has 0 aliphatic carbocycles. The molecule has 0 bridgehead atoms. The Morgan fingerprint density at radius 2 is 1.61 bits per heavy atom. The van der Waals surface area contributed by atoms with Gasteiger partial charge in [0, 0.05) is 0 Å². The molecule has 6 nitrogen and oxygen atoms in total. The van der Waals surface area contributed by atoms with Crippen molar-refractivity contribution in [3.05, 3.63) is 17.7 Å². The van der Waals surface area contributed by atoms with E-state index in [1.807, 2.05) is 0 Å². The second kappa shape index (κ2) is 9.25. The molecule has 1 unspecified atom stereocenters. The number of rotatable bonds is 10. The monoisotopic (exact) mass is 324 g/mol. The molecule has 0 saturated carbocycles. The molecule has 0 aliphatic heterocycles. The molecule has 0 radical (unpaired) electrons. The molecule has 0 spiro atoms. The van der Waals surface area contributed by atoms with E-state index < -0.39 is 5.92 Å². The second-order valence-electron chi connectivity index (χ2n) is 5.23. The number of methoxy groups -OCH3 is 3. The predicted molar refractivity (Wildman–Crippen MR) is 90.4 cm³/mol. The summed E-state index contributed by atoms with van der Waals surface area (Å²) in [6.45, 7) is 6.89. The van der Waals surface area contributed by atoms with Crippen molar-refractivity contribution < 1.29 is 19.0 Å². The molecule has 1 amide bonds. The van der Waals surface area contributed by atoms with Crippen LogP contribution in [0.1, 0.15) is 31.7 Å². The average Bonchev–Trinajstić information content (AvgIpc) is 2.57. The predicted octanol–water partition coefficient (Wildman–Crippen LogP) is 2.01. The summed E-state index contributed by atoms with van der Waals surface area (Å²) in [5.74, 6) is 0.799. The average molecular weight is 324 g/mol. The molecule has 0 fully saturated rings. The SMILES string of the molecule is CCN(CC)CCC(C(N)=O)c1cc(OC)c(OC)c(OC)c1. The highest BCUT2D eigenvalue weighted by molar-refractivity contribution is 5.82. The van der Waals surface area contributed by atoms with Crippen molar-refractivity contribution in [3.63, 3.8) is 0 Å². The standard InChI is InChI=1S/C17H28N2O4/c1-6-19(7-2)9-8-13(17(18)20)12-10-14(21-3)16(23-5)15(11-12)22-4/h10-11,13H,6-9H2,1-5H3,(H2,18,20). The zero-order chi connectivity index (χ0) is 17.4. The lowest BCUT2D eigenvalue weighted by Crippen LogP contribution is -2.29. The van der Waals surface area contributed by atoms with Crippen molar-refractivity contribution in [1.29, 1.82) is 0 Å². The van der Waals surface area contributed by atoms with E-state index in [0.29, 0.717) is 23.7 Å². The Labute approximate surface area is 138 Å². The van der Waals surface area contributed by atoms with Crippen LogP contribution in [0.15, 0.2) is 12.1 Å². The molecule has 1 aromatic carbocycles. The van der Waals surface area contributed by atoms with Gasteiger partial charge in [0.15, 0.2) is 11.5 Å². The summed E-state index contributed by atoms with van der Waals surface area (Å²) in [5, 5.41) is 0. The Balaban J connectivity index is 3.14. The Hall–Kier alpha value is -1.95. The highest BCUT2D eigenvalue weighted by Crippen LogP contribution is 2.40. The molecule has 0 heterocycles. The van der Waals surface area contributed by atoms with Gasteiger partial charge in [-0.1, -0.05) is 13.8 Å². The Kier molecular flexibility index (Phi) is 7.68. The maximum absolute atomic E-state index is 11.9. The molecule has 130 valence electrons. The zero-order valence-corrected chi connectivity index (χ0v) is 14.7. The Morgan fingerprint density at radius 3 is 1.96 bits per heavy atom. The molecule has 0 saturated heterocycles. The Morgan fingerprint density at radius 1 is 1.09 bits per heavy atom. The van der Waals surface area contributed by atoms with Gasteiger partial charge in [0.2, 0.25) is 11.7 Å². The first-order valence-electron chi connectivity index (χ1n) is 7.83. The minimum absolute atomic E-state index is 0.355. The van der Waals surface area contributed by atoms with E-state index in [9.17, 15) is 4.79 Å². The number of nitrogens with zero attached hydrogens (tertiary/aromatic N) is 1. The third kappa shape index (κ3) is 4.76. The Bertz CT molecular complexity index is 490. The first-order chi connectivity index (χ1) is 11.0. The third-order valence-corrected chi connectivity index (χ3v) is 4.06. The molecule has 1 rings (SSSR count). The molecule has 2 N–H and O–H groups in total. The van der Waals surface area contributed by atoms with Crippen LogP contribution in [0, 0.1) is 0 Å². The van der Waals surface area contributed by atoms with Crippen molar-refractivity contribution in [1.82, 2.24) is 4.90 Å². The van der Waals surface area contributed by atoms with Crippen LogP contribution < -0.4 is 19.9 Å². The molecule has 1 aromatic rings. The van der Waals surface area contributed by atoms with Crippen molar-refractivity contribution >= 4 is 5.91 Å². The molecular weight excluding hydrogens is 296 g/mol. The van der Waals surface area contributed by atoms with Crippen molar-refractivity contribution in [2.75, 3.05) is 41.0 Å². The van der Waals surface area contributed by atoms with Crippen LogP contribution in [-0.2, 0) is 4.79 Å². The van der Waals surface area contributed by atoms with Gasteiger partial charge in [-0.25, -0.2) is 0 Å². The van der Waals surface area contributed by atoms with Crippen LogP contribution in [0.25, 0.3) is 0 Å². The molecule has 0 aromatic heterocycles. The van der Waals surface area contributed by atoms with Crippen LogP contribution in [0.3, 0.4) is 0 Å². The number of ether oxygens (including phenoxy) is 3. The number of nitrogens with two attached hydrogens (primary N) is 1. The van der Waals surface area contributed by atoms with Gasteiger partial charge < -0.3 is 24.8 Å². The van der Waals surface area contributed by atoms with E-state index in [1.165, 1.54) is 0 Å². The number of benzene rings is 1. The van der Waals surface area contributed by atoms with Crippen LogP contribution in [0.2, 0.25) is 0 Å². The minimum Gasteiger partial charge on any atom is -0.493 e. The smallest absolute Gasteiger partial charge is 0.225 e. The number of primary amides is 1. The highest BCUT2D eigenvalue weighted by Gasteiger charge is 2.23. The van der Waals surface area contributed by atoms with Gasteiger partial charge in [0.25, 0.3) is 0 Å². The fourth-order valence-electron chi connectivity index (χ4n) is 2.63. The number of carbonyl (C=O) groups excluding carboxylic acids is 1. The normalized spacial score (nSPS) is 12.1. The molecule has 0 aliphatic rings. The van der Waals surface area contributed by atoms with Gasteiger partial charge in [-0.15, -0.1) is 0 Å². The van der Waals surface area contributed by atoms with Crippen molar-refractivity contribution in [2.45, 2.75) is 26.2 Å². The van der Waals surface area contributed by atoms with Gasteiger partial charge in [0.05, 0.1) is 27.2 Å². The largest absolute Gasteiger partial charge is 0.493 e. The first kappa shape index (κ1) is 19.1. The highest BCUT2D eigenvalue weighted by atomic mass is 16.5. The van der Waals surface area contributed by atoms with E-state index in [4.69, 9.17) is 19.9 Å². The molecule has 6 heteroatoms. The summed E-state index contributed by atoms with van der Waals surface area (Å²) in [5.41, 5.74) is 6.40. The number of carbonyl (C=O) groups is 1. The fourth-order valence-corrected chi connectivity index (χ4v) is 2.63. The van der Waals surface area contributed by atoms with Gasteiger partial charge in [-0.05, 0) is 43.8 Å². The van der Waals surface area contributed by atoms with E-state index in [2.05, 4.69) is 18.7 Å². The molecule has 1 atom stereocenters. The minimum atomic E-state index is -0.399. The first-order valence-corrected chi connectivity index (χ1v) is 7.83. The topological polar surface area (TPSA) is 74.0 Å². The number of hydrogen-bond donors (Lipinski definition) is 1.